The van der Waals surface area contributed by atoms with E-state index in [1.807, 2.05) is 18.4 Å². The second-order valence-corrected chi connectivity index (χ2v) is 4.07. The number of thiophene rings is 1. The summed E-state index contributed by atoms with van der Waals surface area (Å²) in [5.41, 5.74) is 6.35. The van der Waals surface area contributed by atoms with Gasteiger partial charge in [-0.2, -0.15) is 0 Å². The molecule has 0 atom stereocenters. The van der Waals surface area contributed by atoms with E-state index < -0.39 is 0 Å². The molecule has 1 amide bonds. The highest BCUT2D eigenvalue weighted by atomic mass is 32.1. The fraction of sp³-hybridized carbons (Fsp3) is 0.333. The summed E-state index contributed by atoms with van der Waals surface area (Å²) < 4.78 is 0. The van der Waals surface area contributed by atoms with Crippen LogP contribution in [0.3, 0.4) is 0 Å². The van der Waals surface area contributed by atoms with E-state index in [1.165, 1.54) is 0 Å². The lowest BCUT2D eigenvalue weighted by Gasteiger charge is -2.03. The maximum atomic E-state index is 11.2. The number of aryl methyl sites for hydroxylation is 1. The summed E-state index contributed by atoms with van der Waals surface area (Å²) in [6, 6.07) is 2.00. The summed E-state index contributed by atoms with van der Waals surface area (Å²) in [5.74, 6) is -0.339. The number of hydrogen-bond acceptors (Lipinski definition) is 4. The molecule has 0 radical (unpaired) electrons. The highest BCUT2D eigenvalue weighted by Crippen LogP contribution is 2.14. The van der Waals surface area contributed by atoms with Crippen molar-refractivity contribution in [3.8, 4) is 0 Å². The number of carbonyl (C=O) groups excluding carboxylic acids is 1. The molecule has 0 spiro atoms. The van der Waals surface area contributed by atoms with E-state index >= 15 is 0 Å². The molecule has 0 saturated carbocycles. The molecule has 5 nitrogen and oxygen atoms in total. The summed E-state index contributed by atoms with van der Waals surface area (Å²) in [4.78, 5) is 12.4. The maximum absolute atomic E-state index is 11.2. The molecule has 1 heterocycles. The number of hydrogen-bond donors (Lipinski definition) is 3. The van der Waals surface area contributed by atoms with E-state index in [0.29, 0.717) is 6.54 Å². The van der Waals surface area contributed by atoms with Crippen LogP contribution in [-0.2, 0) is 11.3 Å². The number of nitrogens with one attached hydrogen (secondary N) is 1. The molecule has 0 aliphatic carbocycles. The summed E-state index contributed by atoms with van der Waals surface area (Å²) in [6.45, 7) is 2.47. The van der Waals surface area contributed by atoms with Gasteiger partial charge in [0.2, 0.25) is 5.91 Å². The lowest BCUT2D eigenvalue weighted by Crippen LogP contribution is -2.28. The highest BCUT2D eigenvalue weighted by molar-refractivity contribution is 7.10. The van der Waals surface area contributed by atoms with Gasteiger partial charge < -0.3 is 16.3 Å². The first-order valence-electron chi connectivity index (χ1n) is 4.39. The van der Waals surface area contributed by atoms with Crippen LogP contribution < -0.4 is 11.1 Å². The van der Waals surface area contributed by atoms with Gasteiger partial charge in [-0.15, -0.1) is 11.3 Å². The van der Waals surface area contributed by atoms with E-state index in [9.17, 15) is 4.79 Å². The number of amidine groups is 1. The summed E-state index contributed by atoms with van der Waals surface area (Å²) >= 11 is 1.59. The van der Waals surface area contributed by atoms with Gasteiger partial charge in [0.15, 0.2) is 0 Å². The first-order chi connectivity index (χ1) is 7.13. The molecule has 4 N–H and O–H groups in total. The monoisotopic (exact) mass is 227 g/mol. The average Bonchev–Trinajstić information content (AvgIpc) is 2.61. The number of nitrogens with two attached hydrogens (primary N) is 1. The number of rotatable bonds is 4. The second-order valence-electron chi connectivity index (χ2n) is 3.07. The molecule has 0 fully saturated rings. The molecule has 15 heavy (non-hydrogen) atoms. The Morgan fingerprint density at radius 1 is 1.73 bits per heavy atom. The fourth-order valence-corrected chi connectivity index (χ4v) is 1.87. The maximum Gasteiger partial charge on any atom is 0.227 e. The minimum Gasteiger partial charge on any atom is -0.409 e. The zero-order valence-corrected chi connectivity index (χ0v) is 9.17. The Balaban J connectivity index is 2.38. The lowest BCUT2D eigenvalue weighted by atomic mass is 10.3. The second kappa shape index (κ2) is 5.35. The number of oxime groups is 1. The molecular weight excluding hydrogens is 214 g/mol. The van der Waals surface area contributed by atoms with Crippen LogP contribution in [0.4, 0.5) is 0 Å². The number of nitrogens with zero attached hydrogens (tertiary/aromatic N) is 1. The van der Waals surface area contributed by atoms with Gasteiger partial charge in [-0.3, -0.25) is 4.79 Å². The first-order valence-corrected chi connectivity index (χ1v) is 5.27. The van der Waals surface area contributed by atoms with Crippen molar-refractivity contribution in [2.75, 3.05) is 0 Å². The Morgan fingerprint density at radius 3 is 3.00 bits per heavy atom. The SMILES string of the molecule is Cc1ccsc1CNC(=O)CC(N)=NO. The molecule has 82 valence electrons. The predicted molar refractivity (Wildman–Crippen MR) is 58.9 cm³/mol. The molecule has 1 aromatic rings. The molecule has 6 heteroatoms. The van der Waals surface area contributed by atoms with E-state index in [4.69, 9.17) is 10.9 Å². The summed E-state index contributed by atoms with van der Waals surface area (Å²) in [5, 5.41) is 15.7. The predicted octanol–water partition coefficient (Wildman–Crippen LogP) is 0.809. The van der Waals surface area contributed by atoms with Gasteiger partial charge in [-0.05, 0) is 23.9 Å². The van der Waals surface area contributed by atoms with Gasteiger partial charge in [0.1, 0.15) is 5.84 Å². The van der Waals surface area contributed by atoms with Crippen molar-refractivity contribution < 1.29 is 10.0 Å². The number of carbonyl (C=O) groups is 1. The van der Waals surface area contributed by atoms with Crippen molar-refractivity contribution in [1.82, 2.24) is 5.32 Å². The van der Waals surface area contributed by atoms with Crippen molar-refractivity contribution in [1.29, 1.82) is 0 Å². The third-order valence-electron chi connectivity index (χ3n) is 1.88. The van der Waals surface area contributed by atoms with E-state index in [-0.39, 0.29) is 18.2 Å². The Hall–Kier alpha value is -1.56. The lowest BCUT2D eigenvalue weighted by molar-refractivity contribution is -0.120. The molecule has 1 rings (SSSR count). The van der Waals surface area contributed by atoms with Gasteiger partial charge in [0, 0.05) is 4.88 Å². The van der Waals surface area contributed by atoms with Gasteiger partial charge in [-0.25, -0.2) is 0 Å². The van der Waals surface area contributed by atoms with E-state index in [2.05, 4.69) is 10.5 Å². The standard InChI is InChI=1S/C9H13N3O2S/c1-6-2-3-15-7(6)5-11-9(13)4-8(10)12-14/h2-3,14H,4-5H2,1H3,(H2,10,12)(H,11,13). The van der Waals surface area contributed by atoms with Crippen LogP contribution in [0.5, 0.6) is 0 Å². The molecule has 1 aromatic heterocycles. The molecule has 0 aliphatic rings. The third kappa shape index (κ3) is 3.59. The van der Waals surface area contributed by atoms with E-state index in [1.54, 1.807) is 11.3 Å². The van der Waals surface area contributed by atoms with Gasteiger partial charge in [0.25, 0.3) is 0 Å². The van der Waals surface area contributed by atoms with Crippen molar-refractivity contribution in [3.63, 3.8) is 0 Å². The van der Waals surface area contributed by atoms with Crippen LogP contribution in [0, 0.1) is 6.92 Å². The van der Waals surface area contributed by atoms with Crippen LogP contribution in [0.15, 0.2) is 16.6 Å². The first kappa shape index (κ1) is 11.5. The smallest absolute Gasteiger partial charge is 0.227 e. The molecular formula is C9H13N3O2S. The van der Waals surface area contributed by atoms with Gasteiger partial charge >= 0.3 is 0 Å². The average molecular weight is 227 g/mol. The van der Waals surface area contributed by atoms with Gasteiger partial charge in [-0.1, -0.05) is 5.16 Å². The van der Waals surface area contributed by atoms with Crippen LogP contribution in [0.25, 0.3) is 0 Å². The normalized spacial score (nSPS) is 11.4. The molecule has 0 aliphatic heterocycles. The Morgan fingerprint density at radius 2 is 2.47 bits per heavy atom. The van der Waals surface area contributed by atoms with Crippen LogP contribution in [0.1, 0.15) is 16.9 Å². The van der Waals surface area contributed by atoms with Crippen molar-refractivity contribution >= 4 is 23.1 Å². The number of amides is 1. The van der Waals surface area contributed by atoms with Crippen LogP contribution in [0.2, 0.25) is 0 Å². The Labute approximate surface area is 91.6 Å². The Bertz CT molecular complexity index is 373. The minimum absolute atomic E-state index is 0.0824. The topological polar surface area (TPSA) is 87.7 Å². The van der Waals surface area contributed by atoms with Crippen molar-refractivity contribution in [3.05, 3.63) is 21.9 Å². The van der Waals surface area contributed by atoms with Crippen LogP contribution in [-0.4, -0.2) is 17.0 Å². The zero-order chi connectivity index (χ0) is 11.3. The van der Waals surface area contributed by atoms with Gasteiger partial charge in [0.05, 0.1) is 13.0 Å². The van der Waals surface area contributed by atoms with Crippen molar-refractivity contribution in [2.24, 2.45) is 10.9 Å². The molecule has 0 bridgehead atoms. The molecule has 0 unspecified atom stereocenters. The molecule has 0 saturated heterocycles. The highest BCUT2D eigenvalue weighted by Gasteiger charge is 2.06. The minimum atomic E-state index is -0.252. The zero-order valence-electron chi connectivity index (χ0n) is 8.36. The Kier molecular flexibility index (Phi) is 4.11. The van der Waals surface area contributed by atoms with Crippen molar-refractivity contribution in [2.45, 2.75) is 19.9 Å². The largest absolute Gasteiger partial charge is 0.409 e. The summed E-state index contributed by atoms with van der Waals surface area (Å²) in [7, 11) is 0. The fourth-order valence-electron chi connectivity index (χ4n) is 1.03. The summed E-state index contributed by atoms with van der Waals surface area (Å²) in [6.07, 6.45) is -0.0824. The van der Waals surface area contributed by atoms with Crippen LogP contribution >= 0.6 is 11.3 Å². The van der Waals surface area contributed by atoms with E-state index in [0.717, 1.165) is 10.4 Å². The third-order valence-corrected chi connectivity index (χ3v) is 2.91. The quantitative estimate of drug-likeness (QED) is 0.308. The molecule has 0 aromatic carbocycles.